The highest BCUT2D eigenvalue weighted by atomic mass is 16.6. The Hall–Kier alpha value is -0.600. The fourth-order valence-electron chi connectivity index (χ4n) is 1.89. The van der Waals surface area contributed by atoms with Crippen LogP contribution in [0, 0.1) is 12.3 Å². The Labute approximate surface area is 90.8 Å². The predicted molar refractivity (Wildman–Crippen MR) is 57.0 cm³/mol. The van der Waals surface area contributed by atoms with Crippen LogP contribution in [-0.2, 0) is 4.74 Å². The topological polar surface area (TPSA) is 52.9 Å². The molecule has 0 saturated carbocycles. The third-order valence-corrected chi connectivity index (χ3v) is 2.81. The summed E-state index contributed by atoms with van der Waals surface area (Å²) in [6.45, 7) is 2.61. The summed E-state index contributed by atoms with van der Waals surface area (Å²) in [4.78, 5) is 1.98. The minimum absolute atomic E-state index is 0.0401. The van der Waals surface area contributed by atoms with Crippen LogP contribution in [0.25, 0.3) is 0 Å². The minimum Gasteiger partial charge on any atom is -0.386 e. The van der Waals surface area contributed by atoms with Crippen LogP contribution >= 0.6 is 0 Å². The molecule has 1 aliphatic heterocycles. The number of likely N-dealkylation sites (N-methyl/N-ethyl adjacent to an activating group) is 1. The molecule has 4 nitrogen and oxygen atoms in total. The van der Waals surface area contributed by atoms with Gasteiger partial charge in [0.2, 0.25) is 0 Å². The molecule has 0 amide bonds. The number of aliphatic hydroxyl groups excluding tert-OH is 2. The van der Waals surface area contributed by atoms with E-state index in [4.69, 9.17) is 11.2 Å². The van der Waals surface area contributed by atoms with Gasteiger partial charge in [-0.2, -0.15) is 0 Å². The molecule has 0 aromatic rings. The van der Waals surface area contributed by atoms with E-state index in [2.05, 4.69) is 5.92 Å². The summed E-state index contributed by atoms with van der Waals surface area (Å²) in [5.41, 5.74) is 0. The van der Waals surface area contributed by atoms with E-state index in [1.54, 1.807) is 0 Å². The molecule has 15 heavy (non-hydrogen) atoms. The van der Waals surface area contributed by atoms with Crippen molar-refractivity contribution in [3.05, 3.63) is 0 Å². The van der Waals surface area contributed by atoms with Crippen molar-refractivity contribution in [3.63, 3.8) is 0 Å². The smallest absolute Gasteiger partial charge is 0.182 e. The number of rotatable bonds is 3. The number of hydrogen-bond acceptors (Lipinski definition) is 4. The average molecular weight is 213 g/mol. The van der Waals surface area contributed by atoms with Crippen molar-refractivity contribution < 1.29 is 14.9 Å². The molecule has 1 rings (SSSR count). The summed E-state index contributed by atoms with van der Waals surface area (Å²) >= 11 is 0. The van der Waals surface area contributed by atoms with E-state index in [9.17, 15) is 10.2 Å². The number of aliphatic hydroxyl groups is 2. The lowest BCUT2D eigenvalue weighted by atomic mass is 9.99. The van der Waals surface area contributed by atoms with E-state index in [1.807, 2.05) is 18.9 Å². The molecular formula is C11H19NO3. The second kappa shape index (κ2) is 5.47. The van der Waals surface area contributed by atoms with Gasteiger partial charge < -0.3 is 14.9 Å². The Balaban J connectivity index is 2.54. The summed E-state index contributed by atoms with van der Waals surface area (Å²) in [6, 6.07) is -0.0860. The Kier molecular flexibility index (Phi) is 4.55. The van der Waals surface area contributed by atoms with Gasteiger partial charge >= 0.3 is 0 Å². The SMILES string of the molecule is C#CCCN(C)C1C[C@@H](C)O[C@@H](O)[C@@H]1O. The van der Waals surface area contributed by atoms with E-state index in [-0.39, 0.29) is 12.1 Å². The van der Waals surface area contributed by atoms with E-state index in [1.165, 1.54) is 0 Å². The normalized spacial score (nSPS) is 36.5. The molecule has 86 valence electrons. The summed E-state index contributed by atoms with van der Waals surface area (Å²) < 4.78 is 5.12. The number of hydrogen-bond donors (Lipinski definition) is 2. The van der Waals surface area contributed by atoms with Crippen LogP contribution in [0.15, 0.2) is 0 Å². The number of ether oxygens (including phenoxy) is 1. The molecule has 0 bridgehead atoms. The van der Waals surface area contributed by atoms with Crippen LogP contribution in [-0.4, -0.2) is 53.2 Å². The Morgan fingerprint density at radius 2 is 2.20 bits per heavy atom. The predicted octanol–water partition coefficient (Wildman–Crippen LogP) is -0.202. The van der Waals surface area contributed by atoms with E-state index in [0.717, 1.165) is 6.54 Å². The molecule has 0 aromatic carbocycles. The summed E-state index contributed by atoms with van der Waals surface area (Å²) in [5.74, 6) is 2.56. The monoisotopic (exact) mass is 213 g/mol. The number of terminal acetylenes is 1. The van der Waals surface area contributed by atoms with Crippen molar-refractivity contribution >= 4 is 0 Å². The Morgan fingerprint density at radius 1 is 1.53 bits per heavy atom. The standard InChI is InChI=1S/C11H19NO3/c1-4-5-6-12(3)9-7-8(2)15-11(14)10(9)13/h1,8-11,13-14H,5-7H2,2-3H3/t8-,9?,10-,11-/m1/s1. The zero-order chi connectivity index (χ0) is 11.4. The van der Waals surface area contributed by atoms with Crippen molar-refractivity contribution in [1.29, 1.82) is 0 Å². The van der Waals surface area contributed by atoms with Crippen molar-refractivity contribution in [2.75, 3.05) is 13.6 Å². The molecule has 0 aliphatic carbocycles. The van der Waals surface area contributed by atoms with Gasteiger partial charge in [-0.15, -0.1) is 12.3 Å². The van der Waals surface area contributed by atoms with Gasteiger partial charge in [0, 0.05) is 19.0 Å². The van der Waals surface area contributed by atoms with Gasteiger partial charge in [-0.25, -0.2) is 0 Å². The highest BCUT2D eigenvalue weighted by Crippen LogP contribution is 2.22. The first kappa shape index (κ1) is 12.5. The van der Waals surface area contributed by atoms with Crippen molar-refractivity contribution in [3.8, 4) is 12.3 Å². The molecule has 2 N–H and O–H groups in total. The molecule has 4 atom stereocenters. The maximum atomic E-state index is 9.76. The molecule has 0 radical (unpaired) electrons. The number of nitrogens with zero attached hydrogens (tertiary/aromatic N) is 1. The fraction of sp³-hybridized carbons (Fsp3) is 0.818. The lowest BCUT2D eigenvalue weighted by Gasteiger charge is -2.40. The maximum absolute atomic E-state index is 9.76. The van der Waals surface area contributed by atoms with Crippen molar-refractivity contribution in [2.24, 2.45) is 0 Å². The molecule has 1 heterocycles. The molecule has 1 saturated heterocycles. The van der Waals surface area contributed by atoms with E-state index in [0.29, 0.717) is 12.8 Å². The van der Waals surface area contributed by atoms with Gasteiger partial charge in [0.15, 0.2) is 6.29 Å². The van der Waals surface area contributed by atoms with Crippen LogP contribution in [0.1, 0.15) is 19.8 Å². The van der Waals surface area contributed by atoms with Crippen LogP contribution < -0.4 is 0 Å². The van der Waals surface area contributed by atoms with E-state index < -0.39 is 12.4 Å². The first-order chi connectivity index (χ1) is 7.06. The molecule has 1 fully saturated rings. The van der Waals surface area contributed by atoms with Crippen molar-refractivity contribution in [1.82, 2.24) is 4.90 Å². The summed E-state index contributed by atoms with van der Waals surface area (Å²) in [6.07, 6.45) is 4.55. The Bertz CT molecular complexity index is 238. The van der Waals surface area contributed by atoms with Crippen LogP contribution in [0.4, 0.5) is 0 Å². The summed E-state index contributed by atoms with van der Waals surface area (Å²) in [7, 11) is 1.90. The third-order valence-electron chi connectivity index (χ3n) is 2.81. The molecular weight excluding hydrogens is 194 g/mol. The summed E-state index contributed by atoms with van der Waals surface area (Å²) in [5, 5.41) is 19.2. The largest absolute Gasteiger partial charge is 0.386 e. The van der Waals surface area contributed by atoms with Gasteiger partial charge in [-0.05, 0) is 20.4 Å². The van der Waals surface area contributed by atoms with Gasteiger partial charge in [0.1, 0.15) is 6.10 Å². The molecule has 0 aromatic heterocycles. The van der Waals surface area contributed by atoms with Crippen LogP contribution in [0.5, 0.6) is 0 Å². The second-order valence-electron chi connectivity index (χ2n) is 4.07. The fourth-order valence-corrected chi connectivity index (χ4v) is 1.89. The molecule has 1 unspecified atom stereocenters. The minimum atomic E-state index is -1.09. The molecule has 4 heteroatoms. The van der Waals surface area contributed by atoms with Crippen LogP contribution in [0.3, 0.4) is 0 Å². The zero-order valence-corrected chi connectivity index (χ0v) is 9.26. The molecule has 1 aliphatic rings. The zero-order valence-electron chi connectivity index (χ0n) is 9.26. The first-order valence-electron chi connectivity index (χ1n) is 5.21. The lowest BCUT2D eigenvalue weighted by Crippen LogP contribution is -2.54. The van der Waals surface area contributed by atoms with E-state index >= 15 is 0 Å². The van der Waals surface area contributed by atoms with Gasteiger partial charge in [0.25, 0.3) is 0 Å². The van der Waals surface area contributed by atoms with Crippen LogP contribution in [0.2, 0.25) is 0 Å². The first-order valence-corrected chi connectivity index (χ1v) is 5.21. The second-order valence-corrected chi connectivity index (χ2v) is 4.07. The van der Waals surface area contributed by atoms with Crippen molar-refractivity contribution in [2.45, 2.75) is 44.3 Å². The lowest BCUT2D eigenvalue weighted by molar-refractivity contribution is -0.231. The average Bonchev–Trinajstić information content (AvgIpc) is 2.19. The quantitative estimate of drug-likeness (QED) is 0.637. The van der Waals surface area contributed by atoms with Gasteiger partial charge in [-0.1, -0.05) is 0 Å². The van der Waals surface area contributed by atoms with Gasteiger partial charge in [-0.3, -0.25) is 4.90 Å². The Morgan fingerprint density at radius 3 is 2.80 bits per heavy atom. The highest BCUT2D eigenvalue weighted by Gasteiger charge is 2.36. The van der Waals surface area contributed by atoms with Gasteiger partial charge in [0.05, 0.1) is 6.10 Å². The third kappa shape index (κ3) is 3.18. The molecule has 0 spiro atoms. The maximum Gasteiger partial charge on any atom is 0.182 e. The highest BCUT2D eigenvalue weighted by molar-refractivity contribution is 4.89.